The summed E-state index contributed by atoms with van der Waals surface area (Å²) in [5.74, 6) is -0.460. The molecule has 0 fully saturated rings. The van der Waals surface area contributed by atoms with Gasteiger partial charge in [0.25, 0.3) is 0 Å². The normalized spacial score (nSPS) is 12.2. The molecule has 112 valence electrons. The number of halogens is 2. The molecule has 0 saturated carbocycles. The number of ether oxygens (including phenoxy) is 1. The Labute approximate surface area is 123 Å². The van der Waals surface area contributed by atoms with Gasteiger partial charge in [0.15, 0.2) is 11.6 Å². The summed E-state index contributed by atoms with van der Waals surface area (Å²) >= 11 is 0. The van der Waals surface area contributed by atoms with Crippen molar-refractivity contribution in [1.82, 2.24) is 5.32 Å². The molecule has 2 nitrogen and oxygen atoms in total. The van der Waals surface area contributed by atoms with Crippen LogP contribution in [0.4, 0.5) is 8.78 Å². The first-order valence-corrected chi connectivity index (χ1v) is 6.98. The van der Waals surface area contributed by atoms with E-state index in [1.54, 1.807) is 31.2 Å². The van der Waals surface area contributed by atoms with Crippen molar-refractivity contribution in [3.8, 4) is 11.5 Å². The van der Waals surface area contributed by atoms with E-state index in [0.29, 0.717) is 5.56 Å². The smallest absolute Gasteiger partial charge is 0.166 e. The van der Waals surface area contributed by atoms with E-state index in [1.165, 1.54) is 12.1 Å². The highest BCUT2D eigenvalue weighted by Crippen LogP contribution is 2.27. The van der Waals surface area contributed by atoms with E-state index in [4.69, 9.17) is 4.74 Å². The van der Waals surface area contributed by atoms with Crippen LogP contribution in [0.25, 0.3) is 0 Å². The van der Waals surface area contributed by atoms with Gasteiger partial charge in [0.05, 0.1) is 0 Å². The Morgan fingerprint density at radius 1 is 1.10 bits per heavy atom. The van der Waals surface area contributed by atoms with Crippen LogP contribution in [0.3, 0.4) is 0 Å². The molecule has 21 heavy (non-hydrogen) atoms. The van der Waals surface area contributed by atoms with Crippen molar-refractivity contribution >= 4 is 0 Å². The molecule has 0 aliphatic carbocycles. The monoisotopic (exact) mass is 291 g/mol. The second kappa shape index (κ2) is 6.68. The van der Waals surface area contributed by atoms with E-state index in [2.05, 4.69) is 5.32 Å². The van der Waals surface area contributed by atoms with Crippen molar-refractivity contribution in [2.75, 3.05) is 6.54 Å². The van der Waals surface area contributed by atoms with Gasteiger partial charge in [-0.25, -0.2) is 8.78 Å². The first-order valence-electron chi connectivity index (χ1n) is 6.98. The van der Waals surface area contributed by atoms with Crippen LogP contribution in [0.1, 0.15) is 31.0 Å². The molecule has 0 radical (unpaired) electrons. The Hall–Kier alpha value is -1.94. The number of nitrogens with one attached hydrogen (secondary N) is 1. The zero-order valence-electron chi connectivity index (χ0n) is 12.4. The summed E-state index contributed by atoms with van der Waals surface area (Å²) in [6.45, 7) is 6.44. The molecule has 0 heterocycles. The second-order valence-electron chi connectivity index (χ2n) is 4.98. The van der Waals surface area contributed by atoms with Crippen molar-refractivity contribution in [1.29, 1.82) is 0 Å². The Balaban J connectivity index is 2.19. The lowest BCUT2D eigenvalue weighted by atomic mass is 10.1. The summed E-state index contributed by atoms with van der Waals surface area (Å²) in [5.41, 5.74) is 1.37. The molecule has 0 aromatic heterocycles. The minimum Gasteiger partial charge on any atom is -0.454 e. The predicted octanol–water partition coefficient (Wildman–Crippen LogP) is 4.74. The third-order valence-corrected chi connectivity index (χ3v) is 3.34. The van der Waals surface area contributed by atoms with E-state index in [-0.39, 0.29) is 23.4 Å². The number of hydrogen-bond donors (Lipinski definition) is 1. The molecule has 1 N–H and O–H groups in total. The topological polar surface area (TPSA) is 21.3 Å². The maximum atomic E-state index is 14.1. The maximum Gasteiger partial charge on any atom is 0.166 e. The predicted molar refractivity (Wildman–Crippen MR) is 79.7 cm³/mol. The van der Waals surface area contributed by atoms with E-state index in [0.717, 1.165) is 12.1 Å². The van der Waals surface area contributed by atoms with Gasteiger partial charge in [-0.2, -0.15) is 0 Å². The van der Waals surface area contributed by atoms with Crippen LogP contribution in [-0.4, -0.2) is 6.54 Å². The van der Waals surface area contributed by atoms with E-state index in [1.807, 2.05) is 13.8 Å². The molecule has 0 saturated heterocycles. The van der Waals surface area contributed by atoms with Gasteiger partial charge in [-0.05, 0) is 49.7 Å². The van der Waals surface area contributed by atoms with Crippen LogP contribution in [-0.2, 0) is 0 Å². The first kappa shape index (κ1) is 15.4. The Bertz CT molecular complexity index is 628. The fourth-order valence-corrected chi connectivity index (χ4v) is 2.06. The zero-order valence-corrected chi connectivity index (χ0v) is 12.4. The van der Waals surface area contributed by atoms with Crippen LogP contribution in [0.2, 0.25) is 0 Å². The zero-order chi connectivity index (χ0) is 15.4. The number of hydrogen-bond acceptors (Lipinski definition) is 2. The molecule has 4 heteroatoms. The highest BCUT2D eigenvalue weighted by atomic mass is 19.1. The number of rotatable bonds is 5. The molecular formula is C17H19F2NO. The molecule has 2 aromatic carbocycles. The molecule has 0 aliphatic rings. The highest BCUT2D eigenvalue weighted by molar-refractivity contribution is 5.36. The SMILES string of the molecule is CCNC(C)c1ccc(Oc2ccc(C)c(F)c2)c(F)c1. The third kappa shape index (κ3) is 3.79. The summed E-state index contributed by atoms with van der Waals surface area (Å²) in [4.78, 5) is 0. The fourth-order valence-electron chi connectivity index (χ4n) is 2.06. The van der Waals surface area contributed by atoms with Gasteiger partial charge < -0.3 is 10.1 Å². The highest BCUT2D eigenvalue weighted by Gasteiger charge is 2.10. The molecule has 0 amide bonds. The molecule has 2 aromatic rings. The minimum absolute atomic E-state index is 0.0652. The standard InChI is InChI=1S/C17H19F2NO/c1-4-20-12(3)13-6-8-17(16(19)9-13)21-14-7-5-11(2)15(18)10-14/h5-10,12,20H,4H2,1-3H3. The summed E-state index contributed by atoms with van der Waals surface area (Å²) in [6, 6.07) is 9.34. The van der Waals surface area contributed by atoms with Gasteiger partial charge in [-0.15, -0.1) is 0 Å². The lowest BCUT2D eigenvalue weighted by Crippen LogP contribution is -2.17. The fraction of sp³-hybridized carbons (Fsp3) is 0.294. The third-order valence-electron chi connectivity index (χ3n) is 3.34. The van der Waals surface area contributed by atoms with Gasteiger partial charge in [0.2, 0.25) is 0 Å². The average Bonchev–Trinajstić information content (AvgIpc) is 2.45. The van der Waals surface area contributed by atoms with Crippen molar-refractivity contribution in [2.24, 2.45) is 0 Å². The molecule has 0 spiro atoms. The Kier molecular flexibility index (Phi) is 4.91. The molecular weight excluding hydrogens is 272 g/mol. The molecule has 1 atom stereocenters. The van der Waals surface area contributed by atoms with Crippen molar-refractivity contribution in [3.63, 3.8) is 0 Å². The maximum absolute atomic E-state index is 14.1. The molecule has 0 aliphatic heterocycles. The summed E-state index contributed by atoms with van der Waals surface area (Å²) in [6.07, 6.45) is 0. The van der Waals surface area contributed by atoms with Gasteiger partial charge in [0.1, 0.15) is 11.6 Å². The van der Waals surface area contributed by atoms with Crippen LogP contribution in [0.15, 0.2) is 36.4 Å². The van der Waals surface area contributed by atoms with E-state index < -0.39 is 5.82 Å². The number of aryl methyl sites for hydroxylation is 1. The summed E-state index contributed by atoms with van der Waals surface area (Å²) in [7, 11) is 0. The van der Waals surface area contributed by atoms with Crippen molar-refractivity contribution in [2.45, 2.75) is 26.8 Å². The Morgan fingerprint density at radius 3 is 2.48 bits per heavy atom. The average molecular weight is 291 g/mol. The van der Waals surface area contributed by atoms with Crippen LogP contribution >= 0.6 is 0 Å². The number of benzene rings is 2. The quantitative estimate of drug-likeness (QED) is 0.859. The minimum atomic E-state index is -0.460. The van der Waals surface area contributed by atoms with E-state index >= 15 is 0 Å². The van der Waals surface area contributed by atoms with Crippen LogP contribution < -0.4 is 10.1 Å². The summed E-state index contributed by atoms with van der Waals surface area (Å²) in [5, 5.41) is 3.21. The second-order valence-corrected chi connectivity index (χ2v) is 4.98. The molecule has 2 rings (SSSR count). The first-order chi connectivity index (χ1) is 10.0. The van der Waals surface area contributed by atoms with Crippen LogP contribution in [0, 0.1) is 18.6 Å². The van der Waals surface area contributed by atoms with Gasteiger partial charge in [-0.1, -0.05) is 19.1 Å². The summed E-state index contributed by atoms with van der Waals surface area (Å²) < 4.78 is 32.9. The van der Waals surface area contributed by atoms with Gasteiger partial charge >= 0.3 is 0 Å². The Morgan fingerprint density at radius 2 is 1.86 bits per heavy atom. The molecule has 0 bridgehead atoms. The molecule has 1 unspecified atom stereocenters. The van der Waals surface area contributed by atoms with Gasteiger partial charge in [0, 0.05) is 12.1 Å². The van der Waals surface area contributed by atoms with Gasteiger partial charge in [-0.3, -0.25) is 0 Å². The van der Waals surface area contributed by atoms with Crippen molar-refractivity contribution in [3.05, 3.63) is 59.2 Å². The van der Waals surface area contributed by atoms with Crippen LogP contribution in [0.5, 0.6) is 11.5 Å². The lowest BCUT2D eigenvalue weighted by Gasteiger charge is -2.14. The van der Waals surface area contributed by atoms with Crippen molar-refractivity contribution < 1.29 is 13.5 Å². The largest absolute Gasteiger partial charge is 0.454 e. The van der Waals surface area contributed by atoms with E-state index in [9.17, 15) is 8.78 Å². The lowest BCUT2D eigenvalue weighted by molar-refractivity contribution is 0.436.